The topological polar surface area (TPSA) is 47.9 Å². The van der Waals surface area contributed by atoms with Gasteiger partial charge in [-0.3, -0.25) is 0 Å². The average molecular weight is 431 g/mol. The standard InChI is InChI=1S/C28H30O4/c1-4-25-26(32-27(2,3)31-25)24(29)20-30-28(21-14-8-5-9-15-21,22-16-10-6-11-17-22)23-18-12-7-13-19-23/h4-19,24-26,29H,1,20H2,2-3H3/t24-,25-,26+/m0/s1. The summed E-state index contributed by atoms with van der Waals surface area (Å²) in [4.78, 5) is 0. The van der Waals surface area contributed by atoms with Gasteiger partial charge in [0.05, 0.1) is 6.61 Å². The van der Waals surface area contributed by atoms with Gasteiger partial charge in [0, 0.05) is 0 Å². The molecule has 3 aromatic rings. The molecule has 1 saturated heterocycles. The van der Waals surface area contributed by atoms with Crippen LogP contribution >= 0.6 is 0 Å². The first-order valence-electron chi connectivity index (χ1n) is 10.9. The Hall–Kier alpha value is -2.76. The van der Waals surface area contributed by atoms with Crippen LogP contribution in [0.5, 0.6) is 0 Å². The highest BCUT2D eigenvalue weighted by Gasteiger charge is 2.45. The maximum Gasteiger partial charge on any atom is 0.164 e. The van der Waals surface area contributed by atoms with E-state index in [1.807, 2.05) is 68.4 Å². The van der Waals surface area contributed by atoms with E-state index in [1.165, 1.54) is 0 Å². The molecule has 1 heterocycles. The Morgan fingerprint density at radius 2 is 1.31 bits per heavy atom. The first-order valence-corrected chi connectivity index (χ1v) is 10.9. The van der Waals surface area contributed by atoms with E-state index in [0.29, 0.717) is 0 Å². The van der Waals surface area contributed by atoms with Crippen molar-refractivity contribution >= 4 is 0 Å². The number of benzene rings is 3. The van der Waals surface area contributed by atoms with Crippen molar-refractivity contribution in [1.82, 2.24) is 0 Å². The van der Waals surface area contributed by atoms with Gasteiger partial charge in [-0.25, -0.2) is 0 Å². The van der Waals surface area contributed by atoms with Crippen LogP contribution in [-0.2, 0) is 19.8 Å². The SMILES string of the molecule is C=C[C@@H]1OC(C)(C)O[C@@H]1[C@@H](O)COC(c1ccccc1)(c1ccccc1)c1ccccc1. The molecular formula is C28H30O4. The van der Waals surface area contributed by atoms with Crippen LogP contribution in [0.1, 0.15) is 30.5 Å². The first-order chi connectivity index (χ1) is 15.5. The summed E-state index contributed by atoms with van der Waals surface area (Å²) in [6.45, 7) is 7.55. The number of ether oxygens (including phenoxy) is 3. The highest BCUT2D eigenvalue weighted by atomic mass is 16.8. The molecule has 1 aliphatic rings. The summed E-state index contributed by atoms with van der Waals surface area (Å²) in [6, 6.07) is 30.3. The van der Waals surface area contributed by atoms with Crippen LogP contribution in [0.15, 0.2) is 104 Å². The molecule has 4 rings (SSSR count). The fraction of sp³-hybridized carbons (Fsp3) is 0.286. The van der Waals surface area contributed by atoms with E-state index in [9.17, 15) is 5.11 Å². The maximum atomic E-state index is 11.1. The lowest BCUT2D eigenvalue weighted by atomic mass is 9.80. The number of hydrogen-bond acceptors (Lipinski definition) is 4. The van der Waals surface area contributed by atoms with Gasteiger partial charge in [0.1, 0.15) is 23.9 Å². The van der Waals surface area contributed by atoms with E-state index < -0.39 is 29.7 Å². The van der Waals surface area contributed by atoms with Crippen LogP contribution in [0.4, 0.5) is 0 Å². The lowest BCUT2D eigenvalue weighted by Gasteiger charge is -2.37. The van der Waals surface area contributed by atoms with Crippen LogP contribution in [0.3, 0.4) is 0 Å². The average Bonchev–Trinajstić information content (AvgIpc) is 3.16. The third-order valence-corrected chi connectivity index (χ3v) is 5.79. The molecular weight excluding hydrogens is 400 g/mol. The van der Waals surface area contributed by atoms with Crippen LogP contribution in [-0.4, -0.2) is 35.8 Å². The second-order valence-electron chi connectivity index (χ2n) is 8.46. The first kappa shape index (κ1) is 22.4. The third kappa shape index (κ3) is 4.41. The quantitative estimate of drug-likeness (QED) is 0.401. The van der Waals surface area contributed by atoms with Gasteiger partial charge in [0.15, 0.2) is 5.79 Å². The summed E-state index contributed by atoms with van der Waals surface area (Å²) in [6.07, 6.45) is -0.220. The molecule has 166 valence electrons. The Bertz CT molecular complexity index is 905. The molecule has 4 nitrogen and oxygen atoms in total. The zero-order valence-corrected chi connectivity index (χ0v) is 18.6. The van der Waals surface area contributed by atoms with Crippen molar-refractivity contribution in [3.8, 4) is 0 Å². The van der Waals surface area contributed by atoms with E-state index in [1.54, 1.807) is 6.08 Å². The molecule has 0 aliphatic carbocycles. The molecule has 0 spiro atoms. The molecule has 0 unspecified atom stereocenters. The maximum absolute atomic E-state index is 11.1. The molecule has 0 bridgehead atoms. The molecule has 0 amide bonds. The fourth-order valence-corrected chi connectivity index (χ4v) is 4.37. The van der Waals surface area contributed by atoms with E-state index in [0.717, 1.165) is 16.7 Å². The molecule has 0 radical (unpaired) electrons. The Labute approximate surface area is 190 Å². The normalized spacial score (nSPS) is 21.2. The molecule has 32 heavy (non-hydrogen) atoms. The van der Waals surface area contributed by atoms with Crippen molar-refractivity contribution in [2.24, 2.45) is 0 Å². The summed E-state index contributed by atoms with van der Waals surface area (Å²) in [5.41, 5.74) is 2.04. The Morgan fingerprint density at radius 3 is 1.72 bits per heavy atom. The molecule has 0 saturated carbocycles. The predicted octanol–water partition coefficient (Wildman–Crippen LogP) is 5.06. The van der Waals surface area contributed by atoms with Gasteiger partial charge in [-0.2, -0.15) is 0 Å². The van der Waals surface area contributed by atoms with Gasteiger partial charge in [-0.1, -0.05) is 97.1 Å². The minimum atomic E-state index is -0.907. The van der Waals surface area contributed by atoms with E-state index in [4.69, 9.17) is 14.2 Å². The van der Waals surface area contributed by atoms with Crippen LogP contribution in [0.25, 0.3) is 0 Å². The summed E-state index contributed by atoms with van der Waals surface area (Å²) in [5, 5.41) is 11.1. The van der Waals surface area contributed by atoms with Gasteiger partial charge < -0.3 is 19.3 Å². The highest BCUT2D eigenvalue weighted by Crippen LogP contribution is 2.41. The van der Waals surface area contributed by atoms with Crippen LogP contribution in [0, 0.1) is 0 Å². The Morgan fingerprint density at radius 1 is 0.875 bits per heavy atom. The van der Waals surface area contributed by atoms with Gasteiger partial charge in [0.2, 0.25) is 0 Å². The number of aliphatic hydroxyl groups is 1. The molecule has 0 aromatic heterocycles. The summed E-state index contributed by atoms with van der Waals surface area (Å²) in [5.74, 6) is -0.792. The lowest BCUT2D eigenvalue weighted by molar-refractivity contribution is -0.160. The van der Waals surface area contributed by atoms with Gasteiger partial charge in [-0.05, 0) is 30.5 Å². The summed E-state index contributed by atoms with van der Waals surface area (Å²) >= 11 is 0. The zero-order chi connectivity index (χ0) is 22.6. The Balaban J connectivity index is 1.74. The van der Waals surface area contributed by atoms with E-state index in [2.05, 4.69) is 43.0 Å². The van der Waals surface area contributed by atoms with Crippen molar-refractivity contribution in [2.75, 3.05) is 6.61 Å². The summed E-state index contributed by atoms with van der Waals surface area (Å²) in [7, 11) is 0. The van der Waals surface area contributed by atoms with Crippen LogP contribution in [0.2, 0.25) is 0 Å². The molecule has 3 atom stereocenters. The molecule has 1 fully saturated rings. The van der Waals surface area contributed by atoms with Gasteiger partial charge >= 0.3 is 0 Å². The second-order valence-corrected chi connectivity index (χ2v) is 8.46. The van der Waals surface area contributed by atoms with Crippen molar-refractivity contribution in [1.29, 1.82) is 0 Å². The zero-order valence-electron chi connectivity index (χ0n) is 18.6. The molecule has 1 N–H and O–H groups in total. The molecule has 3 aromatic carbocycles. The monoisotopic (exact) mass is 430 g/mol. The summed E-state index contributed by atoms with van der Waals surface area (Å²) < 4.78 is 18.5. The predicted molar refractivity (Wildman–Crippen MR) is 125 cm³/mol. The van der Waals surface area contributed by atoms with Gasteiger partial charge in [0.25, 0.3) is 0 Å². The number of hydrogen-bond donors (Lipinski definition) is 1. The van der Waals surface area contributed by atoms with Crippen molar-refractivity contribution in [2.45, 2.75) is 43.5 Å². The smallest absolute Gasteiger partial charge is 0.164 e. The van der Waals surface area contributed by atoms with Crippen molar-refractivity contribution in [3.63, 3.8) is 0 Å². The minimum Gasteiger partial charge on any atom is -0.388 e. The van der Waals surface area contributed by atoms with Crippen molar-refractivity contribution < 1.29 is 19.3 Å². The van der Waals surface area contributed by atoms with E-state index in [-0.39, 0.29) is 6.61 Å². The van der Waals surface area contributed by atoms with Gasteiger partial charge in [-0.15, -0.1) is 6.58 Å². The fourth-order valence-electron chi connectivity index (χ4n) is 4.37. The molecule has 1 aliphatic heterocycles. The molecule has 4 heteroatoms. The highest BCUT2D eigenvalue weighted by molar-refractivity contribution is 5.47. The largest absolute Gasteiger partial charge is 0.388 e. The van der Waals surface area contributed by atoms with Crippen LogP contribution < -0.4 is 0 Å². The number of rotatable bonds is 8. The second kappa shape index (κ2) is 9.39. The Kier molecular flexibility index (Phi) is 6.58. The lowest BCUT2D eigenvalue weighted by Crippen LogP contribution is -2.42. The van der Waals surface area contributed by atoms with E-state index >= 15 is 0 Å². The third-order valence-electron chi connectivity index (χ3n) is 5.79. The minimum absolute atomic E-state index is 0.0487. The number of aliphatic hydroxyl groups excluding tert-OH is 1. The van der Waals surface area contributed by atoms with Crippen molar-refractivity contribution in [3.05, 3.63) is 120 Å².